The van der Waals surface area contributed by atoms with E-state index in [4.69, 9.17) is 4.74 Å². The summed E-state index contributed by atoms with van der Waals surface area (Å²) in [6.07, 6.45) is 0. The summed E-state index contributed by atoms with van der Waals surface area (Å²) >= 11 is 8.24. The number of carbonyl (C=O) groups excluding carboxylic acids is 1. The molecule has 2 aromatic rings. The second-order valence-electron chi connectivity index (χ2n) is 4.47. The van der Waals surface area contributed by atoms with Crippen molar-refractivity contribution in [3.8, 4) is 5.75 Å². The Morgan fingerprint density at radius 1 is 1.29 bits per heavy atom. The van der Waals surface area contributed by atoms with E-state index in [1.165, 1.54) is 11.3 Å². The fourth-order valence-electron chi connectivity index (χ4n) is 1.84. The standard InChI is InChI=1S/C15H15Br2NO2S/c1-3-20-11-6-4-10(5-7-11)9-18(2)15(19)13-8-12(16)14(17)21-13/h4-8H,3,9H2,1-2H3. The highest BCUT2D eigenvalue weighted by Crippen LogP contribution is 2.33. The SMILES string of the molecule is CCOc1ccc(CN(C)C(=O)c2cc(Br)c(Br)s2)cc1. The van der Waals surface area contributed by atoms with Crippen LogP contribution in [0.25, 0.3) is 0 Å². The molecule has 1 aromatic carbocycles. The van der Waals surface area contributed by atoms with E-state index in [-0.39, 0.29) is 5.91 Å². The van der Waals surface area contributed by atoms with Gasteiger partial charge in [0.25, 0.3) is 5.91 Å². The molecule has 0 radical (unpaired) electrons. The van der Waals surface area contributed by atoms with Gasteiger partial charge in [-0.25, -0.2) is 0 Å². The number of nitrogens with zero attached hydrogens (tertiary/aromatic N) is 1. The number of amides is 1. The monoisotopic (exact) mass is 431 g/mol. The maximum atomic E-state index is 12.4. The summed E-state index contributed by atoms with van der Waals surface area (Å²) in [5.74, 6) is 0.863. The van der Waals surface area contributed by atoms with Crippen LogP contribution in [0.15, 0.2) is 38.6 Å². The average Bonchev–Trinajstić information content (AvgIpc) is 2.80. The molecule has 0 atom stereocenters. The maximum absolute atomic E-state index is 12.4. The van der Waals surface area contributed by atoms with Crippen molar-refractivity contribution in [2.45, 2.75) is 13.5 Å². The number of thiophene rings is 1. The first-order valence-corrected chi connectivity index (χ1v) is 8.83. The number of rotatable bonds is 5. The summed E-state index contributed by atoms with van der Waals surface area (Å²) in [4.78, 5) is 14.8. The molecular formula is C15H15Br2NO2S. The topological polar surface area (TPSA) is 29.5 Å². The smallest absolute Gasteiger partial charge is 0.264 e. The summed E-state index contributed by atoms with van der Waals surface area (Å²) < 4.78 is 7.25. The molecule has 0 spiro atoms. The lowest BCUT2D eigenvalue weighted by Gasteiger charge is -2.16. The lowest BCUT2D eigenvalue weighted by atomic mass is 10.2. The normalized spacial score (nSPS) is 10.5. The molecule has 0 aliphatic rings. The molecule has 0 unspecified atom stereocenters. The highest BCUT2D eigenvalue weighted by Gasteiger charge is 2.16. The zero-order valence-electron chi connectivity index (χ0n) is 11.7. The fourth-order valence-corrected chi connectivity index (χ4v) is 3.87. The number of halogens is 2. The van der Waals surface area contributed by atoms with Crippen molar-refractivity contribution >= 4 is 49.1 Å². The molecule has 0 bridgehead atoms. The Morgan fingerprint density at radius 2 is 1.95 bits per heavy atom. The minimum atomic E-state index is 0.0142. The predicted molar refractivity (Wildman–Crippen MR) is 93.1 cm³/mol. The molecule has 0 saturated heterocycles. The van der Waals surface area contributed by atoms with Gasteiger partial charge in [0.05, 0.1) is 15.3 Å². The minimum absolute atomic E-state index is 0.0142. The van der Waals surface area contributed by atoms with Crippen molar-refractivity contribution in [1.82, 2.24) is 4.90 Å². The van der Waals surface area contributed by atoms with Gasteiger partial charge in [0.15, 0.2) is 0 Å². The highest BCUT2D eigenvalue weighted by molar-refractivity contribution is 9.13. The van der Waals surface area contributed by atoms with Crippen LogP contribution in [0.5, 0.6) is 5.75 Å². The van der Waals surface area contributed by atoms with Gasteiger partial charge in [0.2, 0.25) is 0 Å². The lowest BCUT2D eigenvalue weighted by Crippen LogP contribution is -2.25. The maximum Gasteiger partial charge on any atom is 0.264 e. The van der Waals surface area contributed by atoms with Crippen LogP contribution in [0, 0.1) is 0 Å². The number of ether oxygens (including phenoxy) is 1. The molecule has 1 aromatic heterocycles. The van der Waals surface area contributed by atoms with Crippen molar-refractivity contribution in [1.29, 1.82) is 0 Å². The van der Waals surface area contributed by atoms with Gasteiger partial charge in [-0.1, -0.05) is 12.1 Å². The summed E-state index contributed by atoms with van der Waals surface area (Å²) in [5.41, 5.74) is 1.07. The molecule has 2 rings (SSSR count). The summed E-state index contributed by atoms with van der Waals surface area (Å²) in [7, 11) is 1.81. The molecular weight excluding hydrogens is 418 g/mol. The van der Waals surface area contributed by atoms with Crippen molar-refractivity contribution in [3.05, 3.63) is 49.0 Å². The first kappa shape index (κ1) is 16.5. The molecule has 3 nitrogen and oxygen atoms in total. The second-order valence-corrected chi connectivity index (χ2v) is 7.69. The van der Waals surface area contributed by atoms with Gasteiger partial charge in [-0.15, -0.1) is 11.3 Å². The molecule has 0 fully saturated rings. The first-order chi connectivity index (χ1) is 10.0. The number of hydrogen-bond donors (Lipinski definition) is 0. The van der Waals surface area contributed by atoms with Gasteiger partial charge >= 0.3 is 0 Å². The molecule has 112 valence electrons. The lowest BCUT2D eigenvalue weighted by molar-refractivity contribution is 0.0790. The van der Waals surface area contributed by atoms with Crippen molar-refractivity contribution in [2.24, 2.45) is 0 Å². The molecule has 0 aliphatic carbocycles. The van der Waals surface area contributed by atoms with Crippen molar-refractivity contribution in [2.75, 3.05) is 13.7 Å². The third-order valence-corrected chi connectivity index (χ3v) is 6.10. The van der Waals surface area contributed by atoms with E-state index in [0.29, 0.717) is 18.0 Å². The van der Waals surface area contributed by atoms with E-state index < -0.39 is 0 Å². The van der Waals surface area contributed by atoms with Crippen LogP contribution in [0.1, 0.15) is 22.2 Å². The van der Waals surface area contributed by atoms with Crippen molar-refractivity contribution < 1.29 is 9.53 Å². The van der Waals surface area contributed by atoms with Gasteiger partial charge in [0, 0.05) is 18.1 Å². The van der Waals surface area contributed by atoms with Crippen molar-refractivity contribution in [3.63, 3.8) is 0 Å². The number of benzene rings is 1. The van der Waals surface area contributed by atoms with Crippen LogP contribution in [0.2, 0.25) is 0 Å². The first-order valence-electron chi connectivity index (χ1n) is 6.43. The molecule has 0 saturated carbocycles. The molecule has 1 amide bonds. The van der Waals surface area contributed by atoms with Crippen LogP contribution in [-0.2, 0) is 6.54 Å². The van der Waals surface area contributed by atoms with Crippen LogP contribution in [0.3, 0.4) is 0 Å². The van der Waals surface area contributed by atoms with Crippen LogP contribution < -0.4 is 4.74 Å². The molecule has 0 N–H and O–H groups in total. The van der Waals surface area contributed by atoms with E-state index in [2.05, 4.69) is 31.9 Å². The van der Waals surface area contributed by atoms with E-state index in [9.17, 15) is 4.79 Å². The Labute approximate surface area is 145 Å². The minimum Gasteiger partial charge on any atom is -0.494 e. The Bertz CT molecular complexity index is 606. The van der Waals surface area contributed by atoms with Gasteiger partial charge in [0.1, 0.15) is 5.75 Å². The Morgan fingerprint density at radius 3 is 2.48 bits per heavy atom. The van der Waals surface area contributed by atoms with E-state index in [1.54, 1.807) is 11.9 Å². The fraction of sp³-hybridized carbons (Fsp3) is 0.267. The average molecular weight is 433 g/mol. The molecule has 0 aliphatic heterocycles. The second kappa shape index (κ2) is 7.42. The molecule has 6 heteroatoms. The van der Waals surface area contributed by atoms with Gasteiger partial charge in [-0.05, 0) is 62.5 Å². The summed E-state index contributed by atoms with van der Waals surface area (Å²) in [6, 6.07) is 9.65. The largest absolute Gasteiger partial charge is 0.494 e. The number of carbonyl (C=O) groups is 1. The zero-order valence-corrected chi connectivity index (χ0v) is 15.7. The van der Waals surface area contributed by atoms with Crippen LogP contribution >= 0.6 is 43.2 Å². The number of hydrogen-bond acceptors (Lipinski definition) is 3. The van der Waals surface area contributed by atoms with E-state index >= 15 is 0 Å². The summed E-state index contributed by atoms with van der Waals surface area (Å²) in [5, 5.41) is 0. The van der Waals surface area contributed by atoms with Crippen LogP contribution in [-0.4, -0.2) is 24.5 Å². The zero-order chi connectivity index (χ0) is 15.4. The predicted octanol–water partition coefficient (Wildman–Crippen LogP) is 4.94. The third-order valence-electron chi connectivity index (χ3n) is 2.86. The Hall–Kier alpha value is -0.850. The Balaban J connectivity index is 2.03. The van der Waals surface area contributed by atoms with E-state index in [1.807, 2.05) is 37.3 Å². The highest BCUT2D eigenvalue weighted by atomic mass is 79.9. The molecule has 21 heavy (non-hydrogen) atoms. The van der Waals surface area contributed by atoms with Gasteiger partial charge in [-0.2, -0.15) is 0 Å². The van der Waals surface area contributed by atoms with Gasteiger partial charge in [-0.3, -0.25) is 4.79 Å². The molecule has 1 heterocycles. The quantitative estimate of drug-likeness (QED) is 0.669. The van der Waals surface area contributed by atoms with Crippen LogP contribution in [0.4, 0.5) is 0 Å². The summed E-state index contributed by atoms with van der Waals surface area (Å²) in [6.45, 7) is 3.18. The van der Waals surface area contributed by atoms with E-state index in [0.717, 1.165) is 19.6 Å². The van der Waals surface area contributed by atoms with Gasteiger partial charge < -0.3 is 9.64 Å². The third kappa shape index (κ3) is 4.31. The Kier molecular flexibility index (Phi) is 5.84.